The van der Waals surface area contributed by atoms with Crippen LogP contribution < -0.4 is 0 Å². The van der Waals surface area contributed by atoms with Crippen LogP contribution in [-0.4, -0.2) is 43.8 Å². The highest BCUT2D eigenvalue weighted by Gasteiger charge is 2.28. The van der Waals surface area contributed by atoms with Crippen molar-refractivity contribution in [2.45, 2.75) is 11.4 Å². The van der Waals surface area contributed by atoms with Crippen LogP contribution in [-0.2, 0) is 16.6 Å². The Morgan fingerprint density at radius 1 is 1.04 bits per heavy atom. The molecule has 2 aromatic carbocycles. The third-order valence-electron chi connectivity index (χ3n) is 4.28. The second-order valence-electron chi connectivity index (χ2n) is 5.91. The van der Waals surface area contributed by atoms with Crippen LogP contribution in [0.1, 0.15) is 11.1 Å². The molecule has 130 valence electrons. The Morgan fingerprint density at radius 3 is 2.44 bits per heavy atom. The molecule has 5 nitrogen and oxygen atoms in total. The summed E-state index contributed by atoms with van der Waals surface area (Å²) in [6.07, 6.45) is 0. The maximum Gasteiger partial charge on any atom is 0.243 e. The van der Waals surface area contributed by atoms with Gasteiger partial charge in [-0.25, -0.2) is 12.8 Å². The van der Waals surface area contributed by atoms with E-state index in [2.05, 4.69) is 0 Å². The fourth-order valence-corrected chi connectivity index (χ4v) is 4.34. The molecular formula is C18H18FN3O2S. The van der Waals surface area contributed by atoms with Gasteiger partial charge < -0.3 is 0 Å². The van der Waals surface area contributed by atoms with Gasteiger partial charge in [0.15, 0.2) is 0 Å². The third-order valence-corrected chi connectivity index (χ3v) is 6.18. The van der Waals surface area contributed by atoms with Gasteiger partial charge in [-0.05, 0) is 24.3 Å². The summed E-state index contributed by atoms with van der Waals surface area (Å²) in [4.78, 5) is 2.17. The van der Waals surface area contributed by atoms with E-state index in [4.69, 9.17) is 5.26 Å². The standard InChI is InChI=1S/C18H18FN3O2S/c19-18-7-2-1-5-16(18)14-21-8-10-22(11-9-21)25(23,24)17-6-3-4-15(12-17)13-20/h1-7,12H,8-11,14H2. The van der Waals surface area contributed by atoms with Crippen molar-refractivity contribution < 1.29 is 12.8 Å². The van der Waals surface area contributed by atoms with Crippen molar-refractivity contribution in [3.63, 3.8) is 0 Å². The zero-order valence-electron chi connectivity index (χ0n) is 13.6. The summed E-state index contributed by atoms with van der Waals surface area (Å²) in [5.41, 5.74) is 0.930. The van der Waals surface area contributed by atoms with Gasteiger partial charge in [0.05, 0.1) is 16.5 Å². The van der Waals surface area contributed by atoms with Crippen LogP contribution in [0.2, 0.25) is 0 Å². The Bertz CT molecular complexity index is 901. The summed E-state index contributed by atoms with van der Waals surface area (Å²) in [5.74, 6) is -0.245. The lowest BCUT2D eigenvalue weighted by molar-refractivity contribution is 0.180. The van der Waals surface area contributed by atoms with Crippen molar-refractivity contribution in [2.75, 3.05) is 26.2 Å². The van der Waals surface area contributed by atoms with Crippen molar-refractivity contribution >= 4 is 10.0 Å². The number of hydrogen-bond donors (Lipinski definition) is 0. The zero-order valence-corrected chi connectivity index (χ0v) is 14.4. The van der Waals surface area contributed by atoms with E-state index >= 15 is 0 Å². The van der Waals surface area contributed by atoms with Gasteiger partial charge in [-0.2, -0.15) is 9.57 Å². The molecule has 0 unspecified atom stereocenters. The molecule has 0 radical (unpaired) electrons. The fraction of sp³-hybridized carbons (Fsp3) is 0.278. The van der Waals surface area contributed by atoms with Crippen LogP contribution in [0, 0.1) is 17.1 Å². The topological polar surface area (TPSA) is 64.4 Å². The second kappa shape index (κ2) is 7.31. The van der Waals surface area contributed by atoms with E-state index in [1.54, 1.807) is 30.3 Å². The molecule has 1 saturated heterocycles. The fourth-order valence-electron chi connectivity index (χ4n) is 2.87. The molecular weight excluding hydrogens is 341 g/mol. The minimum absolute atomic E-state index is 0.133. The summed E-state index contributed by atoms with van der Waals surface area (Å²) >= 11 is 0. The van der Waals surface area contributed by atoms with E-state index < -0.39 is 10.0 Å². The van der Waals surface area contributed by atoms with Gasteiger partial charge in [-0.1, -0.05) is 24.3 Å². The van der Waals surface area contributed by atoms with Gasteiger partial charge in [-0.15, -0.1) is 0 Å². The first-order valence-electron chi connectivity index (χ1n) is 7.97. The average Bonchev–Trinajstić information content (AvgIpc) is 2.64. The van der Waals surface area contributed by atoms with Gasteiger partial charge in [0.2, 0.25) is 10.0 Å². The van der Waals surface area contributed by atoms with E-state index in [1.807, 2.05) is 11.0 Å². The summed E-state index contributed by atoms with van der Waals surface area (Å²) in [5, 5.41) is 8.94. The maximum atomic E-state index is 13.7. The lowest BCUT2D eigenvalue weighted by Crippen LogP contribution is -2.48. The van der Waals surface area contributed by atoms with Crippen LogP contribution in [0.4, 0.5) is 4.39 Å². The van der Waals surface area contributed by atoms with Crippen LogP contribution in [0.25, 0.3) is 0 Å². The number of nitrogens with zero attached hydrogens (tertiary/aromatic N) is 3. The largest absolute Gasteiger partial charge is 0.296 e. The molecule has 3 rings (SSSR count). The Labute approximate surface area is 147 Å². The van der Waals surface area contributed by atoms with Crippen molar-refractivity contribution in [1.29, 1.82) is 5.26 Å². The maximum absolute atomic E-state index is 13.7. The van der Waals surface area contributed by atoms with Crippen molar-refractivity contribution in [1.82, 2.24) is 9.21 Å². The quantitative estimate of drug-likeness (QED) is 0.840. The predicted octanol–water partition coefficient (Wildman–Crippen LogP) is 2.20. The molecule has 25 heavy (non-hydrogen) atoms. The summed E-state index contributed by atoms with van der Waals surface area (Å²) < 4.78 is 40.6. The normalized spacial score (nSPS) is 16.5. The van der Waals surface area contributed by atoms with E-state index in [9.17, 15) is 12.8 Å². The lowest BCUT2D eigenvalue weighted by atomic mass is 10.2. The van der Waals surface area contributed by atoms with Gasteiger partial charge in [0, 0.05) is 38.3 Å². The first kappa shape index (κ1) is 17.5. The van der Waals surface area contributed by atoms with Gasteiger partial charge in [-0.3, -0.25) is 4.90 Å². The number of piperazine rings is 1. The molecule has 0 aliphatic carbocycles. The van der Waals surface area contributed by atoms with Gasteiger partial charge in [0.25, 0.3) is 0 Å². The van der Waals surface area contributed by atoms with Crippen LogP contribution >= 0.6 is 0 Å². The summed E-state index contributed by atoms with van der Waals surface area (Å²) in [6, 6.07) is 14.6. The van der Waals surface area contributed by atoms with E-state index in [0.29, 0.717) is 43.9 Å². The molecule has 7 heteroatoms. The minimum atomic E-state index is -3.62. The average molecular weight is 359 g/mol. The molecule has 0 N–H and O–H groups in total. The lowest BCUT2D eigenvalue weighted by Gasteiger charge is -2.34. The van der Waals surface area contributed by atoms with Crippen molar-refractivity contribution in [3.05, 3.63) is 65.5 Å². The number of hydrogen-bond acceptors (Lipinski definition) is 4. The highest BCUT2D eigenvalue weighted by atomic mass is 32.2. The predicted molar refractivity (Wildman–Crippen MR) is 91.6 cm³/mol. The number of sulfonamides is 1. The van der Waals surface area contributed by atoms with Gasteiger partial charge >= 0.3 is 0 Å². The highest BCUT2D eigenvalue weighted by molar-refractivity contribution is 7.89. The molecule has 1 aliphatic heterocycles. The van der Waals surface area contributed by atoms with Crippen LogP contribution in [0.15, 0.2) is 53.4 Å². The van der Waals surface area contributed by atoms with Crippen LogP contribution in [0.5, 0.6) is 0 Å². The van der Waals surface area contributed by atoms with Crippen molar-refractivity contribution in [2.24, 2.45) is 0 Å². The number of rotatable bonds is 4. The number of nitriles is 1. The first-order chi connectivity index (χ1) is 12.0. The van der Waals surface area contributed by atoms with E-state index in [0.717, 1.165) is 0 Å². The highest BCUT2D eigenvalue weighted by Crippen LogP contribution is 2.20. The molecule has 0 bridgehead atoms. The Hall–Kier alpha value is -2.27. The molecule has 0 amide bonds. The second-order valence-corrected chi connectivity index (χ2v) is 7.85. The smallest absolute Gasteiger partial charge is 0.243 e. The van der Waals surface area contributed by atoms with E-state index in [-0.39, 0.29) is 10.7 Å². The Morgan fingerprint density at radius 2 is 1.76 bits per heavy atom. The molecule has 0 atom stereocenters. The van der Waals surface area contributed by atoms with Crippen molar-refractivity contribution in [3.8, 4) is 6.07 Å². The Balaban J connectivity index is 1.67. The molecule has 1 heterocycles. The number of halogens is 1. The molecule has 0 aromatic heterocycles. The molecule has 2 aromatic rings. The van der Waals surface area contributed by atoms with Crippen LogP contribution in [0.3, 0.4) is 0 Å². The monoisotopic (exact) mass is 359 g/mol. The summed E-state index contributed by atoms with van der Waals surface area (Å²) in [7, 11) is -3.62. The summed E-state index contributed by atoms with van der Waals surface area (Å²) in [6.45, 7) is 2.21. The molecule has 1 aliphatic rings. The molecule has 0 spiro atoms. The molecule has 0 saturated carbocycles. The zero-order chi connectivity index (χ0) is 17.9. The SMILES string of the molecule is N#Cc1cccc(S(=O)(=O)N2CCN(Cc3ccccc3F)CC2)c1. The van der Waals surface area contributed by atoms with Gasteiger partial charge in [0.1, 0.15) is 5.82 Å². The molecule has 1 fully saturated rings. The van der Waals surface area contributed by atoms with E-state index in [1.165, 1.54) is 22.5 Å². The first-order valence-corrected chi connectivity index (χ1v) is 9.41. The minimum Gasteiger partial charge on any atom is -0.296 e. The number of benzene rings is 2. The Kier molecular flexibility index (Phi) is 5.13. The third kappa shape index (κ3) is 3.87.